The van der Waals surface area contributed by atoms with Gasteiger partial charge in [-0.3, -0.25) is 28.8 Å². The average molecular weight is 915 g/mol. The second kappa shape index (κ2) is 18.2. The van der Waals surface area contributed by atoms with E-state index < -0.39 is 91.9 Å². The Morgan fingerprint density at radius 1 is 0.875 bits per heavy atom. The molecule has 6 aliphatic rings. The van der Waals surface area contributed by atoms with E-state index in [4.69, 9.17) is 18.9 Å². The standard InChI is InChI=1S/C45H66N6O12S/c1-8-29-22-45(29,40(55)49-64(58,59)31-15-16-31)48-37(52)32-21-30(62-42(57)50-23-27-19-33-34(20-28(27)24-50)61-18-12-17-60-33)25-51(32)39(54)36(43(2,3)4)47-38(53)35(26-13-10-9-11-14-26)46-41(56)63-44(5,6)7/h19-20,26,29-32,35-36H,8-18,21-25H2,1-7H3,(H,46,56)(H,47,53)(H,48,52)(H,49,55)/t29-,30+,32-,35-,36+,45-/m0/s1. The third kappa shape index (κ3) is 10.7. The Hall–Kier alpha value is -4.81. The van der Waals surface area contributed by atoms with Gasteiger partial charge in [-0.05, 0) is 93.4 Å². The van der Waals surface area contributed by atoms with Crippen molar-refractivity contribution < 1.29 is 56.1 Å². The number of ether oxygens (including phenoxy) is 4. The minimum atomic E-state index is -3.93. The summed E-state index contributed by atoms with van der Waals surface area (Å²) < 4.78 is 51.2. The van der Waals surface area contributed by atoms with Crippen LogP contribution in [0.15, 0.2) is 12.1 Å². The number of fused-ring (bicyclic) bond motifs is 2. The lowest BCUT2D eigenvalue weighted by Crippen LogP contribution is -2.62. The highest BCUT2D eigenvalue weighted by Gasteiger charge is 2.62. The second-order valence-electron chi connectivity index (χ2n) is 20.5. The van der Waals surface area contributed by atoms with Crippen LogP contribution in [-0.4, -0.2) is 114 Å². The van der Waals surface area contributed by atoms with Gasteiger partial charge in [0.15, 0.2) is 11.5 Å². The van der Waals surface area contributed by atoms with Crippen LogP contribution in [0.25, 0.3) is 0 Å². The van der Waals surface area contributed by atoms with E-state index in [-0.39, 0.29) is 44.3 Å². The molecule has 18 nitrogen and oxygen atoms in total. The highest BCUT2D eigenvalue weighted by molar-refractivity contribution is 7.91. The first-order valence-corrected chi connectivity index (χ1v) is 24.5. The number of carbonyl (C=O) groups is 6. The minimum absolute atomic E-state index is 0.134. The van der Waals surface area contributed by atoms with Gasteiger partial charge in [-0.15, -0.1) is 0 Å². The fraction of sp³-hybridized carbons (Fsp3) is 0.733. The number of rotatable bonds is 12. The summed E-state index contributed by atoms with van der Waals surface area (Å²) in [6, 6.07) is 0.221. The van der Waals surface area contributed by atoms with Gasteiger partial charge in [-0.2, -0.15) is 0 Å². The Morgan fingerprint density at radius 3 is 2.05 bits per heavy atom. The molecular weight excluding hydrogens is 849 g/mol. The van der Waals surface area contributed by atoms with E-state index in [2.05, 4.69) is 20.7 Å². The molecular formula is C45H66N6O12S. The van der Waals surface area contributed by atoms with Crippen LogP contribution in [0.5, 0.6) is 11.5 Å². The lowest BCUT2D eigenvalue weighted by Gasteiger charge is -2.37. The van der Waals surface area contributed by atoms with E-state index in [0.29, 0.717) is 56.8 Å². The van der Waals surface area contributed by atoms with Crippen molar-refractivity contribution in [2.75, 3.05) is 19.8 Å². The predicted octanol–water partition coefficient (Wildman–Crippen LogP) is 4.17. The second-order valence-corrected chi connectivity index (χ2v) is 22.5. The summed E-state index contributed by atoms with van der Waals surface area (Å²) >= 11 is 0. The molecule has 0 unspecified atom stereocenters. The molecule has 1 aromatic carbocycles. The van der Waals surface area contributed by atoms with Crippen molar-refractivity contribution >= 4 is 45.8 Å². The summed E-state index contributed by atoms with van der Waals surface area (Å²) in [6.45, 7) is 13.6. The van der Waals surface area contributed by atoms with Crippen LogP contribution in [0.3, 0.4) is 0 Å². The normalized spacial score (nSPS) is 25.5. The zero-order valence-electron chi connectivity index (χ0n) is 38.2. The Bertz CT molecular complexity index is 2070. The van der Waals surface area contributed by atoms with E-state index in [1.807, 2.05) is 19.1 Å². The van der Waals surface area contributed by atoms with Crippen LogP contribution >= 0.6 is 0 Å². The molecule has 3 heterocycles. The monoisotopic (exact) mass is 914 g/mol. The smallest absolute Gasteiger partial charge is 0.410 e. The molecule has 0 spiro atoms. The van der Waals surface area contributed by atoms with Gasteiger partial charge in [0.25, 0.3) is 5.91 Å². The maximum atomic E-state index is 15.0. The van der Waals surface area contributed by atoms with Gasteiger partial charge >= 0.3 is 12.2 Å². The van der Waals surface area contributed by atoms with Gasteiger partial charge in [-0.1, -0.05) is 53.4 Å². The Morgan fingerprint density at radius 2 is 1.50 bits per heavy atom. The maximum Gasteiger partial charge on any atom is 0.410 e. The molecule has 1 aromatic rings. The van der Waals surface area contributed by atoms with Gasteiger partial charge in [0.05, 0.1) is 25.0 Å². The number of amides is 6. The van der Waals surface area contributed by atoms with Crippen molar-refractivity contribution in [3.8, 4) is 11.5 Å². The first kappa shape index (κ1) is 47.2. The molecule has 3 aliphatic heterocycles. The summed E-state index contributed by atoms with van der Waals surface area (Å²) in [6.07, 6.45) is 3.89. The van der Waals surface area contributed by atoms with Crippen LogP contribution in [0.1, 0.15) is 130 Å². The molecule has 4 N–H and O–H groups in total. The van der Waals surface area contributed by atoms with Gasteiger partial charge in [-0.25, -0.2) is 18.0 Å². The van der Waals surface area contributed by atoms with E-state index in [1.165, 1.54) is 9.80 Å². The fourth-order valence-corrected chi connectivity index (χ4v) is 10.8. The maximum absolute atomic E-state index is 15.0. The molecule has 3 aliphatic carbocycles. The van der Waals surface area contributed by atoms with Crippen molar-refractivity contribution in [2.45, 2.75) is 173 Å². The summed E-state index contributed by atoms with van der Waals surface area (Å²) in [5.41, 5.74) is -1.53. The summed E-state index contributed by atoms with van der Waals surface area (Å²) in [5.74, 6) is -2.12. The number of alkyl carbamates (subject to hydrolysis) is 1. The zero-order valence-corrected chi connectivity index (χ0v) is 39.0. The van der Waals surface area contributed by atoms with Crippen molar-refractivity contribution in [3.05, 3.63) is 23.3 Å². The van der Waals surface area contributed by atoms with Crippen molar-refractivity contribution in [2.24, 2.45) is 17.3 Å². The summed E-state index contributed by atoms with van der Waals surface area (Å²) in [4.78, 5) is 87.4. The first-order valence-electron chi connectivity index (χ1n) is 22.9. The zero-order chi connectivity index (χ0) is 46.4. The molecule has 4 fully saturated rings. The van der Waals surface area contributed by atoms with Crippen molar-refractivity contribution in [1.82, 2.24) is 30.5 Å². The summed E-state index contributed by atoms with van der Waals surface area (Å²) in [7, 11) is -3.93. The Labute approximate surface area is 376 Å². The molecule has 0 bridgehead atoms. The Kier molecular flexibility index (Phi) is 13.4. The van der Waals surface area contributed by atoms with E-state index in [9.17, 15) is 32.4 Å². The van der Waals surface area contributed by atoms with Crippen molar-refractivity contribution in [3.63, 3.8) is 0 Å². The van der Waals surface area contributed by atoms with E-state index >= 15 is 4.79 Å². The van der Waals surface area contributed by atoms with Crippen LogP contribution in [0.2, 0.25) is 0 Å². The van der Waals surface area contributed by atoms with Gasteiger partial charge in [0.1, 0.15) is 35.4 Å². The molecule has 0 aromatic heterocycles. The topological polar surface area (TPSA) is 228 Å². The molecule has 6 amide bonds. The van der Waals surface area contributed by atoms with Crippen LogP contribution in [0.4, 0.5) is 9.59 Å². The molecule has 3 saturated carbocycles. The quantitative estimate of drug-likeness (QED) is 0.232. The van der Waals surface area contributed by atoms with E-state index in [1.54, 1.807) is 41.5 Å². The van der Waals surface area contributed by atoms with Gasteiger partial charge in [0.2, 0.25) is 27.7 Å². The minimum Gasteiger partial charge on any atom is -0.490 e. The lowest BCUT2D eigenvalue weighted by molar-refractivity contribution is -0.145. The largest absolute Gasteiger partial charge is 0.490 e. The lowest BCUT2D eigenvalue weighted by atomic mass is 9.82. The van der Waals surface area contributed by atoms with Gasteiger partial charge in [0, 0.05) is 25.9 Å². The SMILES string of the molecule is CC[C@H]1C[C@@]1(NC(=O)[C@@H]1C[C@@H](OC(=O)N2Cc3cc4c(cc3C2)OCCCO4)CN1C(=O)[C@@H](NC(=O)[C@@H](NC(=O)OC(C)(C)C)C1CCCCC1)C(C)(C)C)C(=O)NS(=O)(=O)C1CC1. The highest BCUT2D eigenvalue weighted by Crippen LogP contribution is 2.47. The number of likely N-dealkylation sites (tertiary alicyclic amines) is 1. The predicted molar refractivity (Wildman–Crippen MR) is 232 cm³/mol. The molecule has 1 saturated heterocycles. The number of sulfonamides is 1. The fourth-order valence-electron chi connectivity index (χ4n) is 9.42. The molecule has 64 heavy (non-hydrogen) atoms. The summed E-state index contributed by atoms with van der Waals surface area (Å²) in [5, 5.41) is 7.88. The first-order chi connectivity index (χ1) is 30.1. The van der Waals surface area contributed by atoms with E-state index in [0.717, 1.165) is 36.8 Å². The molecule has 19 heteroatoms. The molecule has 0 radical (unpaired) electrons. The molecule has 7 rings (SSSR count). The van der Waals surface area contributed by atoms with Crippen molar-refractivity contribution in [1.29, 1.82) is 0 Å². The number of benzene rings is 1. The van der Waals surface area contributed by atoms with Gasteiger partial charge < -0.3 is 39.8 Å². The number of carbonyl (C=O) groups excluding carboxylic acids is 6. The molecule has 354 valence electrons. The van der Waals surface area contributed by atoms with Crippen LogP contribution in [0, 0.1) is 17.3 Å². The van der Waals surface area contributed by atoms with Crippen LogP contribution in [-0.2, 0) is 51.8 Å². The highest BCUT2D eigenvalue weighted by atomic mass is 32.2. The van der Waals surface area contributed by atoms with Crippen LogP contribution < -0.4 is 30.1 Å². The third-order valence-electron chi connectivity index (χ3n) is 13.2. The Balaban J connectivity index is 1.12. The third-order valence-corrected chi connectivity index (χ3v) is 15.0. The number of nitrogens with zero attached hydrogens (tertiary/aromatic N) is 2. The average Bonchev–Trinajstić information content (AvgIpc) is 4.13. The number of hydrogen-bond acceptors (Lipinski definition) is 12. The molecule has 6 atom stereocenters. The number of hydrogen-bond donors (Lipinski definition) is 4. The number of nitrogens with one attached hydrogen (secondary N) is 4.